The predicted octanol–water partition coefficient (Wildman–Crippen LogP) is 8.12. The van der Waals surface area contributed by atoms with Gasteiger partial charge in [0.15, 0.2) is 0 Å². The van der Waals surface area contributed by atoms with Crippen molar-refractivity contribution in [2.75, 3.05) is 0 Å². The Morgan fingerprint density at radius 3 is 1.78 bits per heavy atom. The Morgan fingerprint density at radius 1 is 0.757 bits per heavy atom. The van der Waals surface area contributed by atoms with Crippen LogP contribution < -0.4 is 0 Å². The zero-order valence-electron chi connectivity index (χ0n) is 24.9. The quantitative estimate of drug-likeness (QED) is 0.307. The van der Waals surface area contributed by atoms with E-state index in [1.807, 2.05) is 6.92 Å². The Kier molecular flexibility index (Phi) is 7.09. The maximum absolute atomic E-state index is 13.3. The van der Waals surface area contributed by atoms with Crippen LogP contribution in [-0.2, 0) is 19.1 Å². The van der Waals surface area contributed by atoms with Gasteiger partial charge >= 0.3 is 11.9 Å². The molecule has 0 radical (unpaired) electrons. The number of carbonyl (C=O) groups is 2. The molecule has 0 aromatic rings. The molecule has 0 amide bonds. The summed E-state index contributed by atoms with van der Waals surface area (Å²) in [4.78, 5) is 26.6. The van der Waals surface area contributed by atoms with Gasteiger partial charge < -0.3 is 9.47 Å². The molecule has 0 N–H and O–H groups in total. The molecule has 6 saturated carbocycles. The second kappa shape index (κ2) is 9.54. The van der Waals surface area contributed by atoms with Crippen molar-refractivity contribution in [1.82, 2.24) is 0 Å². The molecule has 5 atom stereocenters. The summed E-state index contributed by atoms with van der Waals surface area (Å²) < 4.78 is 12.6. The number of esters is 2. The van der Waals surface area contributed by atoms with E-state index in [9.17, 15) is 9.59 Å². The summed E-state index contributed by atoms with van der Waals surface area (Å²) in [6.45, 7) is 15.1. The Hall–Kier alpha value is -1.06. The van der Waals surface area contributed by atoms with Gasteiger partial charge in [0.05, 0.1) is 12.3 Å². The van der Waals surface area contributed by atoms with Crippen LogP contribution in [0.25, 0.3) is 0 Å². The molecule has 6 aliphatic rings. The fourth-order valence-corrected chi connectivity index (χ4v) is 10.6. The lowest BCUT2D eigenvalue weighted by atomic mass is 9.46. The van der Waals surface area contributed by atoms with Crippen molar-refractivity contribution in [1.29, 1.82) is 0 Å². The van der Waals surface area contributed by atoms with Crippen molar-refractivity contribution in [3.8, 4) is 0 Å². The first-order chi connectivity index (χ1) is 17.3. The predicted molar refractivity (Wildman–Crippen MR) is 147 cm³/mol. The van der Waals surface area contributed by atoms with Gasteiger partial charge in [0.1, 0.15) is 11.2 Å². The van der Waals surface area contributed by atoms with Crippen molar-refractivity contribution in [2.45, 2.75) is 143 Å². The van der Waals surface area contributed by atoms with Crippen molar-refractivity contribution < 1.29 is 19.1 Å². The molecule has 6 bridgehead atoms. The molecule has 37 heavy (non-hydrogen) atoms. The van der Waals surface area contributed by atoms with E-state index in [0.717, 1.165) is 42.4 Å². The van der Waals surface area contributed by atoms with E-state index in [2.05, 4.69) is 41.5 Å². The van der Waals surface area contributed by atoms with Crippen molar-refractivity contribution in [3.05, 3.63) is 0 Å². The molecule has 0 heterocycles. The van der Waals surface area contributed by atoms with Crippen molar-refractivity contribution >= 4 is 11.9 Å². The lowest BCUT2D eigenvalue weighted by molar-refractivity contribution is -0.204. The molecule has 0 aliphatic heterocycles. The highest BCUT2D eigenvalue weighted by Gasteiger charge is 2.59. The summed E-state index contributed by atoms with van der Waals surface area (Å²) in [5.74, 6) is 3.63. The first-order valence-corrected chi connectivity index (χ1v) is 15.7. The van der Waals surface area contributed by atoms with Crippen LogP contribution in [0.15, 0.2) is 0 Å². The zero-order valence-corrected chi connectivity index (χ0v) is 24.9. The van der Waals surface area contributed by atoms with Gasteiger partial charge in [0, 0.05) is 10.8 Å². The summed E-state index contributed by atoms with van der Waals surface area (Å²) in [5, 5.41) is 0. The zero-order chi connectivity index (χ0) is 26.8. The van der Waals surface area contributed by atoms with Crippen LogP contribution in [0.4, 0.5) is 0 Å². The molecule has 5 unspecified atom stereocenters. The molecule has 4 nitrogen and oxygen atoms in total. The third kappa shape index (κ3) is 5.02. The van der Waals surface area contributed by atoms with E-state index in [-0.39, 0.29) is 29.2 Å². The van der Waals surface area contributed by atoms with E-state index < -0.39 is 17.1 Å². The minimum absolute atomic E-state index is 0.0498. The van der Waals surface area contributed by atoms with Crippen LogP contribution in [0.1, 0.15) is 132 Å². The molecule has 0 saturated heterocycles. The monoisotopic (exact) mass is 514 g/mol. The Balaban J connectivity index is 1.20. The van der Waals surface area contributed by atoms with Gasteiger partial charge in [0.25, 0.3) is 0 Å². The summed E-state index contributed by atoms with van der Waals surface area (Å²) >= 11 is 0. The summed E-state index contributed by atoms with van der Waals surface area (Å²) in [5.41, 5.74) is -0.841. The van der Waals surface area contributed by atoms with Gasteiger partial charge in [0.2, 0.25) is 0 Å². The number of carbonyl (C=O) groups excluding carboxylic acids is 2. The third-order valence-electron chi connectivity index (χ3n) is 12.3. The highest BCUT2D eigenvalue weighted by molar-refractivity contribution is 5.80. The first kappa shape index (κ1) is 27.5. The SMILES string of the molecule is CCC1CC2CC(C)CC(C(C)(C)OC(=O)CC(C)C(=O)OC(C)(C)C34CC5CC(CC(C5)C3)C4)(C1)C2. The smallest absolute Gasteiger partial charge is 0.309 e. The molecular weight excluding hydrogens is 460 g/mol. The van der Waals surface area contributed by atoms with Crippen LogP contribution in [0.2, 0.25) is 0 Å². The molecular formula is C33H54O4. The van der Waals surface area contributed by atoms with Gasteiger partial charge in [-0.2, -0.15) is 0 Å². The largest absolute Gasteiger partial charge is 0.459 e. The van der Waals surface area contributed by atoms with E-state index in [0.29, 0.717) is 5.92 Å². The number of ether oxygens (including phenoxy) is 2. The van der Waals surface area contributed by atoms with Crippen LogP contribution in [0, 0.1) is 52.3 Å². The van der Waals surface area contributed by atoms with Crippen LogP contribution in [0.3, 0.4) is 0 Å². The van der Waals surface area contributed by atoms with Gasteiger partial charge in [-0.1, -0.05) is 27.2 Å². The maximum Gasteiger partial charge on any atom is 0.309 e. The molecule has 6 fully saturated rings. The Morgan fingerprint density at radius 2 is 1.24 bits per heavy atom. The molecule has 0 aromatic heterocycles. The fraction of sp³-hybridized carbons (Fsp3) is 0.939. The fourth-order valence-electron chi connectivity index (χ4n) is 10.6. The minimum Gasteiger partial charge on any atom is -0.459 e. The van der Waals surface area contributed by atoms with Gasteiger partial charge in [-0.3, -0.25) is 9.59 Å². The van der Waals surface area contributed by atoms with Crippen LogP contribution in [-0.4, -0.2) is 23.1 Å². The summed E-state index contributed by atoms with van der Waals surface area (Å²) in [6, 6.07) is 0. The highest BCUT2D eigenvalue weighted by atomic mass is 16.6. The van der Waals surface area contributed by atoms with Gasteiger partial charge in [-0.15, -0.1) is 0 Å². The van der Waals surface area contributed by atoms with Crippen LogP contribution >= 0.6 is 0 Å². The molecule has 4 heteroatoms. The van der Waals surface area contributed by atoms with E-state index in [1.165, 1.54) is 64.2 Å². The standard InChI is InChI=1S/C33H54O4/c1-8-23-11-24-9-21(2)15-32(16-23,17-24)30(4,5)36-28(34)10-22(3)29(35)37-31(6,7)33-18-25-12-26(19-33)14-27(13-25)20-33/h21-27H,8-20H2,1-7H3. The molecule has 0 aromatic carbocycles. The second-order valence-electron chi connectivity index (χ2n) is 15.8. The average Bonchev–Trinajstić information content (AvgIpc) is 2.76. The molecule has 6 aliphatic carbocycles. The number of hydrogen-bond acceptors (Lipinski definition) is 4. The van der Waals surface area contributed by atoms with Crippen molar-refractivity contribution in [2.24, 2.45) is 52.3 Å². The van der Waals surface area contributed by atoms with Gasteiger partial charge in [-0.25, -0.2) is 0 Å². The maximum atomic E-state index is 13.3. The first-order valence-electron chi connectivity index (χ1n) is 15.7. The Labute approximate surface area is 226 Å². The van der Waals surface area contributed by atoms with E-state index >= 15 is 0 Å². The third-order valence-corrected chi connectivity index (χ3v) is 12.3. The van der Waals surface area contributed by atoms with Gasteiger partial charge in [-0.05, 0) is 134 Å². The average molecular weight is 515 g/mol. The summed E-state index contributed by atoms with van der Waals surface area (Å²) in [6.07, 6.45) is 15.1. The molecule has 6 rings (SSSR count). The van der Waals surface area contributed by atoms with Crippen molar-refractivity contribution in [3.63, 3.8) is 0 Å². The number of fused-ring (bicyclic) bond motifs is 2. The number of rotatable bonds is 8. The normalized spacial score (nSPS) is 41.8. The minimum atomic E-state index is -0.521. The highest BCUT2D eigenvalue weighted by Crippen LogP contribution is 2.64. The van der Waals surface area contributed by atoms with E-state index in [4.69, 9.17) is 9.47 Å². The Bertz CT molecular complexity index is 847. The molecule has 210 valence electrons. The lowest BCUT2D eigenvalue weighted by Gasteiger charge is -2.61. The summed E-state index contributed by atoms with van der Waals surface area (Å²) in [7, 11) is 0. The van der Waals surface area contributed by atoms with Crippen LogP contribution in [0.5, 0.6) is 0 Å². The van der Waals surface area contributed by atoms with E-state index in [1.54, 1.807) is 0 Å². The number of hydrogen-bond donors (Lipinski definition) is 0. The molecule has 0 spiro atoms. The second-order valence-corrected chi connectivity index (χ2v) is 15.8. The lowest BCUT2D eigenvalue weighted by Crippen LogP contribution is -2.57. The topological polar surface area (TPSA) is 52.6 Å².